The SMILES string of the molecule is Cc1ccccc1S(=O)(=O)Nc1c(NC2CCC(NC(=O)Nc3ccc(C(F)(F)F)c(F)c3)CC2)c(=O)c1=O. The van der Waals surface area contributed by atoms with Gasteiger partial charge in [0.05, 0.1) is 10.5 Å². The standard InChI is InChI=1S/C25H24F4N4O5S/c1-13-4-2-3-5-19(13)39(37,38)33-21-20(22(34)23(21)35)30-14-6-8-15(9-7-14)31-24(36)32-16-10-11-17(18(26)12-16)25(27,28)29/h2-5,10-12,14-15,30,33H,6-9H2,1H3,(H2,31,32,36). The number of carbonyl (C=O) groups is 1. The molecule has 0 aromatic heterocycles. The van der Waals surface area contributed by atoms with Gasteiger partial charge >= 0.3 is 12.2 Å². The minimum atomic E-state index is -4.85. The molecule has 1 aliphatic rings. The number of alkyl halides is 3. The molecular weight excluding hydrogens is 544 g/mol. The van der Waals surface area contributed by atoms with Crippen LogP contribution in [0.15, 0.2) is 56.9 Å². The van der Waals surface area contributed by atoms with E-state index in [1.807, 2.05) is 0 Å². The van der Waals surface area contributed by atoms with Gasteiger partial charge < -0.3 is 16.0 Å². The van der Waals surface area contributed by atoms with Crippen LogP contribution in [-0.2, 0) is 16.2 Å². The van der Waals surface area contributed by atoms with Crippen molar-refractivity contribution in [3.63, 3.8) is 0 Å². The number of carbonyl (C=O) groups excluding carboxylic acids is 1. The van der Waals surface area contributed by atoms with E-state index in [2.05, 4.69) is 20.7 Å². The lowest BCUT2D eigenvalue weighted by Gasteiger charge is -2.31. The third-order valence-corrected chi connectivity index (χ3v) is 7.98. The van der Waals surface area contributed by atoms with Crippen molar-refractivity contribution in [3.05, 3.63) is 79.9 Å². The van der Waals surface area contributed by atoms with E-state index >= 15 is 0 Å². The van der Waals surface area contributed by atoms with Crippen LogP contribution in [0.25, 0.3) is 0 Å². The number of benzene rings is 2. The molecule has 0 spiro atoms. The fourth-order valence-corrected chi connectivity index (χ4v) is 5.76. The largest absolute Gasteiger partial charge is 0.419 e. The Morgan fingerprint density at radius 3 is 2.15 bits per heavy atom. The Kier molecular flexibility index (Phi) is 7.68. The van der Waals surface area contributed by atoms with Crippen LogP contribution in [0.4, 0.5) is 39.4 Å². The van der Waals surface area contributed by atoms with Crippen molar-refractivity contribution in [3.8, 4) is 0 Å². The molecule has 1 saturated carbocycles. The molecule has 39 heavy (non-hydrogen) atoms. The van der Waals surface area contributed by atoms with Crippen LogP contribution in [0.3, 0.4) is 0 Å². The quantitative estimate of drug-likeness (QED) is 0.251. The number of nitrogens with one attached hydrogen (secondary N) is 4. The number of halogens is 4. The molecule has 0 atom stereocenters. The van der Waals surface area contributed by atoms with Crippen LogP contribution in [0, 0.1) is 12.7 Å². The maximum atomic E-state index is 13.7. The molecule has 2 amide bonds. The normalized spacial score (nSPS) is 18.0. The van der Waals surface area contributed by atoms with E-state index in [9.17, 15) is 40.4 Å². The maximum absolute atomic E-state index is 13.7. The van der Waals surface area contributed by atoms with Crippen LogP contribution < -0.4 is 31.5 Å². The van der Waals surface area contributed by atoms with Crippen molar-refractivity contribution < 1.29 is 30.8 Å². The second kappa shape index (κ2) is 10.7. The third kappa shape index (κ3) is 6.21. The highest BCUT2D eigenvalue weighted by atomic mass is 32.2. The topological polar surface area (TPSA) is 133 Å². The van der Waals surface area contributed by atoms with Gasteiger partial charge in [-0.05, 0) is 62.4 Å². The zero-order valence-electron chi connectivity index (χ0n) is 20.5. The molecule has 0 bridgehead atoms. The first-order valence-electron chi connectivity index (χ1n) is 11.9. The highest BCUT2D eigenvalue weighted by molar-refractivity contribution is 7.92. The Balaban J connectivity index is 1.31. The van der Waals surface area contributed by atoms with Gasteiger partial charge in [-0.1, -0.05) is 18.2 Å². The molecule has 4 N–H and O–H groups in total. The minimum Gasteiger partial charge on any atom is -0.377 e. The minimum absolute atomic E-state index is 0.0205. The molecule has 1 aliphatic carbocycles. The predicted octanol–water partition coefficient (Wildman–Crippen LogP) is 4.09. The number of amides is 2. The molecule has 0 radical (unpaired) electrons. The van der Waals surface area contributed by atoms with Gasteiger partial charge in [0, 0.05) is 17.8 Å². The lowest BCUT2D eigenvalue weighted by Crippen LogP contribution is -2.44. The van der Waals surface area contributed by atoms with Crippen molar-refractivity contribution in [1.82, 2.24) is 5.32 Å². The van der Waals surface area contributed by atoms with Crippen molar-refractivity contribution in [1.29, 1.82) is 0 Å². The predicted molar refractivity (Wildman–Crippen MR) is 137 cm³/mol. The number of sulfonamides is 1. The first-order valence-corrected chi connectivity index (χ1v) is 13.4. The highest BCUT2D eigenvalue weighted by Crippen LogP contribution is 2.32. The second-order valence-corrected chi connectivity index (χ2v) is 10.9. The summed E-state index contributed by atoms with van der Waals surface area (Å²) in [5, 5.41) is 7.90. The molecule has 3 aromatic rings. The van der Waals surface area contributed by atoms with Crippen LogP contribution in [0.1, 0.15) is 36.8 Å². The highest BCUT2D eigenvalue weighted by Gasteiger charge is 2.34. The molecule has 0 unspecified atom stereocenters. The number of hydrogen-bond acceptors (Lipinski definition) is 6. The summed E-state index contributed by atoms with van der Waals surface area (Å²) >= 11 is 0. The lowest BCUT2D eigenvalue weighted by molar-refractivity contribution is -0.139. The Labute approximate surface area is 220 Å². The van der Waals surface area contributed by atoms with Gasteiger partial charge in [-0.15, -0.1) is 0 Å². The van der Waals surface area contributed by atoms with E-state index in [0.717, 1.165) is 6.07 Å². The molecule has 1 fully saturated rings. The number of rotatable bonds is 7. The number of hydrogen-bond donors (Lipinski definition) is 4. The van der Waals surface area contributed by atoms with Crippen LogP contribution in [0.5, 0.6) is 0 Å². The van der Waals surface area contributed by atoms with E-state index in [0.29, 0.717) is 43.4 Å². The smallest absolute Gasteiger partial charge is 0.377 e. The van der Waals surface area contributed by atoms with E-state index in [1.165, 1.54) is 12.1 Å². The van der Waals surface area contributed by atoms with Gasteiger partial charge in [-0.25, -0.2) is 17.6 Å². The van der Waals surface area contributed by atoms with Crippen molar-refractivity contribution >= 4 is 33.1 Å². The summed E-state index contributed by atoms with van der Waals surface area (Å²) in [5.74, 6) is -1.51. The summed E-state index contributed by atoms with van der Waals surface area (Å²) in [7, 11) is -4.10. The fourth-order valence-electron chi connectivity index (χ4n) is 4.44. The van der Waals surface area contributed by atoms with Crippen LogP contribution in [0.2, 0.25) is 0 Å². The molecule has 14 heteroatoms. The van der Waals surface area contributed by atoms with E-state index in [1.54, 1.807) is 19.1 Å². The van der Waals surface area contributed by atoms with Crippen molar-refractivity contribution in [2.45, 2.75) is 55.8 Å². The van der Waals surface area contributed by atoms with Gasteiger partial charge in [0.15, 0.2) is 0 Å². The number of anilines is 3. The third-order valence-electron chi connectivity index (χ3n) is 6.47. The van der Waals surface area contributed by atoms with Gasteiger partial charge in [0.25, 0.3) is 20.9 Å². The monoisotopic (exact) mass is 568 g/mol. The lowest BCUT2D eigenvalue weighted by atomic mass is 9.91. The molecule has 3 aromatic carbocycles. The first kappa shape index (κ1) is 28.1. The summed E-state index contributed by atoms with van der Waals surface area (Å²) in [6, 6.07) is 6.95. The Hall–Kier alpha value is -3.94. The van der Waals surface area contributed by atoms with Crippen LogP contribution >= 0.6 is 0 Å². The molecule has 0 saturated heterocycles. The van der Waals surface area contributed by atoms with Gasteiger partial charge in [0.2, 0.25) is 0 Å². The molecular formula is C25H24F4N4O5S. The molecule has 208 valence electrons. The zero-order valence-corrected chi connectivity index (χ0v) is 21.3. The summed E-state index contributed by atoms with van der Waals surface area (Å²) < 4.78 is 79.5. The molecule has 4 rings (SSSR count). The van der Waals surface area contributed by atoms with Crippen molar-refractivity contribution in [2.75, 3.05) is 15.4 Å². The molecule has 0 aliphatic heterocycles. The van der Waals surface area contributed by atoms with E-state index < -0.39 is 44.5 Å². The molecule has 9 nitrogen and oxygen atoms in total. The summed E-state index contributed by atoms with van der Waals surface area (Å²) in [4.78, 5) is 36.5. The van der Waals surface area contributed by atoms with Crippen molar-refractivity contribution in [2.24, 2.45) is 0 Å². The Bertz CT molecular complexity index is 1570. The van der Waals surface area contributed by atoms with Gasteiger partial charge in [-0.2, -0.15) is 13.2 Å². The number of urea groups is 1. The summed E-state index contributed by atoms with van der Waals surface area (Å²) in [5.41, 5.74) is -3.33. The average Bonchev–Trinajstić information content (AvgIpc) is 2.86. The van der Waals surface area contributed by atoms with E-state index in [4.69, 9.17) is 0 Å². The van der Waals surface area contributed by atoms with Crippen LogP contribution in [-0.4, -0.2) is 26.5 Å². The Morgan fingerprint density at radius 2 is 1.54 bits per heavy atom. The zero-order chi connectivity index (χ0) is 28.5. The summed E-state index contributed by atoms with van der Waals surface area (Å²) in [6.07, 6.45) is -3.03. The maximum Gasteiger partial charge on any atom is 0.419 e. The summed E-state index contributed by atoms with van der Waals surface area (Å²) in [6.45, 7) is 1.60. The van der Waals surface area contributed by atoms with Gasteiger partial charge in [0.1, 0.15) is 17.2 Å². The second-order valence-electron chi connectivity index (χ2n) is 9.26. The molecule has 0 heterocycles. The fraction of sp³-hybridized carbons (Fsp3) is 0.320. The first-order chi connectivity index (χ1) is 18.3. The Morgan fingerprint density at radius 1 is 0.923 bits per heavy atom. The van der Waals surface area contributed by atoms with E-state index in [-0.39, 0.29) is 34.0 Å². The average molecular weight is 569 g/mol. The van der Waals surface area contributed by atoms with Gasteiger partial charge in [-0.3, -0.25) is 14.3 Å². The number of aryl methyl sites for hydroxylation is 1.